The van der Waals surface area contributed by atoms with Crippen LogP contribution in [0, 0.1) is 11.6 Å². The zero-order valence-corrected chi connectivity index (χ0v) is 16.6. The van der Waals surface area contributed by atoms with Crippen LogP contribution in [0.1, 0.15) is 16.7 Å². The summed E-state index contributed by atoms with van der Waals surface area (Å²) in [5, 5.41) is 1.32. The van der Waals surface area contributed by atoms with Gasteiger partial charge in [-0.15, -0.1) is 0 Å². The van der Waals surface area contributed by atoms with E-state index in [9.17, 15) is 8.78 Å². The summed E-state index contributed by atoms with van der Waals surface area (Å²) in [6.45, 7) is 4.45. The van der Waals surface area contributed by atoms with E-state index in [1.54, 1.807) is 24.7 Å². The van der Waals surface area contributed by atoms with Crippen LogP contribution in [0.3, 0.4) is 0 Å². The second-order valence-corrected chi connectivity index (χ2v) is 6.57. The van der Waals surface area contributed by atoms with Crippen LogP contribution in [0.5, 0.6) is 5.75 Å². The summed E-state index contributed by atoms with van der Waals surface area (Å²) in [5.74, 6) is -1.39. The van der Waals surface area contributed by atoms with Gasteiger partial charge in [0.2, 0.25) is 0 Å². The summed E-state index contributed by atoms with van der Waals surface area (Å²) < 4.78 is 39.6. The first kappa shape index (κ1) is 21.3. The number of hydrogen-bond donors (Lipinski definition) is 2. The first-order chi connectivity index (χ1) is 14.5. The number of aromatic amines is 1. The third-order valence-corrected chi connectivity index (χ3v) is 4.63. The molecule has 30 heavy (non-hydrogen) atoms. The topological polar surface area (TPSA) is 73.2 Å². The highest BCUT2D eigenvalue weighted by Gasteiger charge is 2.16. The second-order valence-electron chi connectivity index (χ2n) is 6.57. The molecule has 0 aliphatic heterocycles. The first-order valence-corrected chi connectivity index (χ1v) is 9.33. The first-order valence-electron chi connectivity index (χ1n) is 9.33. The SMILES string of the molecule is C=c1[nH]cc(Cc2c(F)ccc(OCCOC)c2F)/c1=C/C(=C\N)c1cccnc1. The van der Waals surface area contributed by atoms with Crippen LogP contribution in [0.25, 0.3) is 18.2 Å². The van der Waals surface area contributed by atoms with E-state index in [2.05, 4.69) is 16.5 Å². The molecular formula is C23H23F2N3O2. The van der Waals surface area contributed by atoms with Gasteiger partial charge >= 0.3 is 0 Å². The number of aromatic nitrogens is 2. The standard InChI is InChI=1S/C23H23F2N3O2/c1-15-19(10-17(12-26)16-4-3-7-27-13-16)18(14-28-15)11-20-21(24)5-6-22(23(20)25)30-9-8-29-2/h3-7,10,12-14,28H,1,8-9,11,26H2,2H3/b17-12+,19-10+. The highest BCUT2D eigenvalue weighted by molar-refractivity contribution is 5.87. The molecular weight excluding hydrogens is 388 g/mol. The Morgan fingerprint density at radius 1 is 1.27 bits per heavy atom. The highest BCUT2D eigenvalue weighted by atomic mass is 19.1. The minimum atomic E-state index is -0.731. The Labute approximate surface area is 173 Å². The van der Waals surface area contributed by atoms with Crippen molar-refractivity contribution >= 4 is 18.2 Å². The van der Waals surface area contributed by atoms with E-state index in [4.69, 9.17) is 15.2 Å². The molecule has 0 saturated carbocycles. The van der Waals surface area contributed by atoms with Gasteiger partial charge in [0.05, 0.1) is 6.61 Å². The molecule has 0 saturated heterocycles. The number of rotatable bonds is 8. The average molecular weight is 411 g/mol. The molecule has 5 nitrogen and oxygen atoms in total. The van der Waals surface area contributed by atoms with Crippen molar-refractivity contribution in [2.75, 3.05) is 20.3 Å². The molecule has 0 aliphatic carbocycles. The molecule has 0 amide bonds. The number of nitrogens with two attached hydrogens (primary N) is 1. The summed E-state index contributed by atoms with van der Waals surface area (Å²) in [5.41, 5.74) is 7.92. The van der Waals surface area contributed by atoms with Crippen molar-refractivity contribution in [1.82, 2.24) is 9.97 Å². The minimum absolute atomic E-state index is 0.0158. The van der Waals surface area contributed by atoms with Gasteiger partial charge in [-0.25, -0.2) is 8.78 Å². The van der Waals surface area contributed by atoms with E-state index in [0.29, 0.717) is 28.3 Å². The fourth-order valence-corrected chi connectivity index (χ4v) is 3.04. The molecule has 0 unspecified atom stereocenters. The van der Waals surface area contributed by atoms with Crippen molar-refractivity contribution in [2.24, 2.45) is 5.73 Å². The number of ether oxygens (including phenoxy) is 2. The largest absolute Gasteiger partial charge is 0.488 e. The van der Waals surface area contributed by atoms with Crippen LogP contribution in [-0.2, 0) is 11.2 Å². The summed E-state index contributed by atoms with van der Waals surface area (Å²) >= 11 is 0. The normalized spacial score (nSPS) is 12.4. The van der Waals surface area contributed by atoms with Gasteiger partial charge in [-0.05, 0) is 35.4 Å². The lowest BCUT2D eigenvalue weighted by atomic mass is 10.0. The van der Waals surface area contributed by atoms with Gasteiger partial charge in [-0.2, -0.15) is 0 Å². The molecule has 0 radical (unpaired) electrons. The highest BCUT2D eigenvalue weighted by Crippen LogP contribution is 2.25. The predicted molar refractivity (Wildman–Crippen MR) is 113 cm³/mol. The smallest absolute Gasteiger partial charge is 0.171 e. The van der Waals surface area contributed by atoms with Crippen LogP contribution in [0.4, 0.5) is 8.78 Å². The number of hydrogen-bond acceptors (Lipinski definition) is 4. The number of pyridine rings is 1. The van der Waals surface area contributed by atoms with Gasteiger partial charge < -0.3 is 20.2 Å². The maximum Gasteiger partial charge on any atom is 0.171 e. The lowest BCUT2D eigenvalue weighted by Crippen LogP contribution is -2.24. The minimum Gasteiger partial charge on any atom is -0.488 e. The number of nitrogens with zero attached hydrogens (tertiary/aromatic N) is 1. The monoisotopic (exact) mass is 411 g/mol. The average Bonchev–Trinajstić information content (AvgIpc) is 3.10. The van der Waals surface area contributed by atoms with Crippen molar-refractivity contribution < 1.29 is 18.3 Å². The summed E-state index contributed by atoms with van der Waals surface area (Å²) in [7, 11) is 1.52. The number of H-pyrrole nitrogens is 1. The van der Waals surface area contributed by atoms with E-state index in [0.717, 1.165) is 5.56 Å². The Hall–Kier alpha value is -3.45. The second kappa shape index (κ2) is 9.84. The van der Waals surface area contributed by atoms with Gasteiger partial charge in [0.25, 0.3) is 0 Å². The molecule has 2 heterocycles. The molecule has 3 rings (SSSR count). The van der Waals surface area contributed by atoms with E-state index < -0.39 is 11.6 Å². The Kier molecular flexibility index (Phi) is 6.98. The molecule has 0 atom stereocenters. The van der Waals surface area contributed by atoms with E-state index in [1.807, 2.05) is 12.1 Å². The fourth-order valence-electron chi connectivity index (χ4n) is 3.04. The van der Waals surface area contributed by atoms with Gasteiger partial charge in [-0.1, -0.05) is 12.6 Å². The van der Waals surface area contributed by atoms with Crippen molar-refractivity contribution in [3.8, 4) is 5.75 Å². The number of methoxy groups -OCH3 is 1. The number of allylic oxidation sites excluding steroid dienone is 1. The Balaban J connectivity index is 1.98. The fraction of sp³-hybridized carbons (Fsp3) is 0.174. The summed E-state index contributed by atoms with van der Waals surface area (Å²) in [4.78, 5) is 7.11. The lowest BCUT2D eigenvalue weighted by Gasteiger charge is -2.11. The van der Waals surface area contributed by atoms with Gasteiger partial charge in [0.15, 0.2) is 11.6 Å². The van der Waals surface area contributed by atoms with Crippen LogP contribution in [0.2, 0.25) is 0 Å². The van der Waals surface area contributed by atoms with Crippen molar-refractivity contribution in [1.29, 1.82) is 0 Å². The van der Waals surface area contributed by atoms with Gasteiger partial charge in [0.1, 0.15) is 12.4 Å². The van der Waals surface area contributed by atoms with Crippen molar-refractivity contribution in [3.05, 3.63) is 87.9 Å². The molecule has 3 aromatic rings. The quantitative estimate of drug-likeness (QED) is 0.559. The van der Waals surface area contributed by atoms with Crippen molar-refractivity contribution in [2.45, 2.75) is 6.42 Å². The van der Waals surface area contributed by atoms with Gasteiger partial charge in [0, 0.05) is 60.0 Å². The zero-order chi connectivity index (χ0) is 21.5. The van der Waals surface area contributed by atoms with Crippen LogP contribution < -0.4 is 21.0 Å². The zero-order valence-electron chi connectivity index (χ0n) is 16.6. The van der Waals surface area contributed by atoms with Crippen LogP contribution in [0.15, 0.2) is 49.1 Å². The maximum atomic E-state index is 14.9. The third-order valence-electron chi connectivity index (χ3n) is 4.63. The van der Waals surface area contributed by atoms with Crippen molar-refractivity contribution in [3.63, 3.8) is 0 Å². The number of halogens is 2. The molecule has 3 N–H and O–H groups in total. The summed E-state index contributed by atoms with van der Waals surface area (Å²) in [6, 6.07) is 6.15. The van der Waals surface area contributed by atoms with E-state index >= 15 is 0 Å². The Bertz CT molecular complexity index is 1140. The molecule has 7 heteroatoms. The lowest BCUT2D eigenvalue weighted by molar-refractivity contribution is 0.143. The molecule has 1 aromatic carbocycles. The third kappa shape index (κ3) is 4.75. The Morgan fingerprint density at radius 3 is 2.80 bits per heavy atom. The number of nitrogens with one attached hydrogen (secondary N) is 1. The van der Waals surface area contributed by atoms with Crippen LogP contribution in [-0.4, -0.2) is 30.3 Å². The maximum absolute atomic E-state index is 14.9. The molecule has 0 bridgehead atoms. The number of benzene rings is 1. The van der Waals surface area contributed by atoms with Gasteiger partial charge in [-0.3, -0.25) is 4.98 Å². The molecule has 2 aromatic heterocycles. The predicted octanol–water partition coefficient (Wildman–Crippen LogP) is 2.49. The molecule has 0 spiro atoms. The van der Waals surface area contributed by atoms with E-state index in [-0.39, 0.29) is 24.3 Å². The Morgan fingerprint density at radius 2 is 2.10 bits per heavy atom. The molecule has 0 fully saturated rings. The van der Waals surface area contributed by atoms with E-state index in [1.165, 1.54) is 25.4 Å². The molecule has 156 valence electrons. The molecule has 0 aliphatic rings. The summed E-state index contributed by atoms with van der Waals surface area (Å²) in [6.07, 6.45) is 8.33. The van der Waals surface area contributed by atoms with Crippen LogP contribution >= 0.6 is 0 Å².